The number of carboxylic acids is 1. The second-order valence-corrected chi connectivity index (χ2v) is 6.42. The summed E-state index contributed by atoms with van der Waals surface area (Å²) in [5.74, 6) is -0.885. The number of carboxylic acid groups (broad SMARTS) is 1. The Labute approximate surface area is 118 Å². The lowest BCUT2D eigenvalue weighted by Crippen LogP contribution is -2.41. The highest BCUT2D eigenvalue weighted by Crippen LogP contribution is 2.16. The highest BCUT2D eigenvalue weighted by molar-refractivity contribution is 7.89. The second kappa shape index (κ2) is 6.67. The molecule has 0 fully saturated rings. The quantitative estimate of drug-likeness (QED) is 0.774. The van der Waals surface area contributed by atoms with Gasteiger partial charge in [-0.1, -0.05) is 13.8 Å². The summed E-state index contributed by atoms with van der Waals surface area (Å²) in [6, 6.07) is 0.107. The Kier molecular flexibility index (Phi) is 5.46. The van der Waals surface area contributed by atoms with Crippen LogP contribution in [-0.2, 0) is 14.8 Å². The van der Waals surface area contributed by atoms with E-state index in [-0.39, 0.29) is 23.0 Å². The van der Waals surface area contributed by atoms with Gasteiger partial charge in [0.1, 0.15) is 16.7 Å². The van der Waals surface area contributed by atoms with Gasteiger partial charge in [0, 0.05) is 12.3 Å². The maximum atomic E-state index is 12.1. The first-order valence-electron chi connectivity index (χ1n) is 6.00. The molecule has 2 N–H and O–H groups in total. The van der Waals surface area contributed by atoms with Crippen LogP contribution in [0, 0.1) is 5.92 Å². The molecule has 0 aromatic carbocycles. The van der Waals surface area contributed by atoms with E-state index in [1.54, 1.807) is 0 Å². The van der Waals surface area contributed by atoms with Gasteiger partial charge in [0.25, 0.3) is 0 Å². The van der Waals surface area contributed by atoms with Crippen molar-refractivity contribution in [1.29, 1.82) is 0 Å². The van der Waals surface area contributed by atoms with Gasteiger partial charge in [-0.3, -0.25) is 9.78 Å². The molecule has 0 saturated heterocycles. The Bertz CT molecular complexity index is 571. The number of rotatable bonds is 7. The standard InChI is InChI=1S/C12H18N2O5S/c1-8(2)4-11(12(15)16)14-20(17,18)10-5-9(19-3)6-13-7-10/h5-8,11,14H,4H2,1-3H3,(H,15,16)/t11-/m0/s1. The molecule has 0 unspecified atom stereocenters. The van der Waals surface area contributed by atoms with E-state index >= 15 is 0 Å². The van der Waals surface area contributed by atoms with E-state index in [0.717, 1.165) is 6.20 Å². The number of aromatic nitrogens is 1. The predicted molar refractivity (Wildman–Crippen MR) is 72.0 cm³/mol. The van der Waals surface area contributed by atoms with E-state index in [1.807, 2.05) is 13.8 Å². The Balaban J connectivity index is 3.00. The average molecular weight is 302 g/mol. The zero-order valence-electron chi connectivity index (χ0n) is 11.5. The molecule has 7 nitrogen and oxygen atoms in total. The second-order valence-electron chi connectivity index (χ2n) is 4.70. The van der Waals surface area contributed by atoms with Crippen molar-refractivity contribution in [2.45, 2.75) is 31.2 Å². The van der Waals surface area contributed by atoms with Crippen molar-refractivity contribution in [2.24, 2.45) is 5.92 Å². The first-order chi connectivity index (χ1) is 9.26. The van der Waals surface area contributed by atoms with Crippen molar-refractivity contribution >= 4 is 16.0 Å². The van der Waals surface area contributed by atoms with Gasteiger partial charge in [0.2, 0.25) is 10.0 Å². The summed E-state index contributed by atoms with van der Waals surface area (Å²) in [7, 11) is -2.57. The zero-order chi connectivity index (χ0) is 15.3. The Morgan fingerprint density at radius 1 is 1.45 bits per heavy atom. The zero-order valence-corrected chi connectivity index (χ0v) is 12.3. The van der Waals surface area contributed by atoms with E-state index in [2.05, 4.69) is 9.71 Å². The Morgan fingerprint density at radius 2 is 2.10 bits per heavy atom. The summed E-state index contributed by atoms with van der Waals surface area (Å²) in [4.78, 5) is 14.7. The fourth-order valence-corrected chi connectivity index (χ4v) is 2.76. The normalized spacial score (nSPS) is 13.2. The SMILES string of the molecule is COc1cncc(S(=O)(=O)N[C@@H](CC(C)C)C(=O)O)c1. The minimum absolute atomic E-state index is 0.0437. The predicted octanol–water partition coefficient (Wildman–Crippen LogP) is 0.868. The fraction of sp³-hybridized carbons (Fsp3) is 0.500. The van der Waals surface area contributed by atoms with Crippen molar-refractivity contribution in [3.63, 3.8) is 0 Å². The molecule has 0 aliphatic heterocycles. The van der Waals surface area contributed by atoms with Crippen molar-refractivity contribution in [2.75, 3.05) is 7.11 Å². The molecule has 1 aromatic rings. The van der Waals surface area contributed by atoms with Crippen molar-refractivity contribution in [3.05, 3.63) is 18.5 Å². The van der Waals surface area contributed by atoms with Crippen molar-refractivity contribution in [1.82, 2.24) is 9.71 Å². The molecule has 0 amide bonds. The van der Waals surface area contributed by atoms with E-state index in [9.17, 15) is 13.2 Å². The van der Waals surface area contributed by atoms with Gasteiger partial charge in [-0.2, -0.15) is 4.72 Å². The first-order valence-corrected chi connectivity index (χ1v) is 7.48. The number of hydrogen-bond donors (Lipinski definition) is 2. The molecule has 8 heteroatoms. The van der Waals surface area contributed by atoms with Gasteiger partial charge >= 0.3 is 5.97 Å². The molecule has 0 aliphatic carbocycles. The largest absolute Gasteiger partial charge is 0.495 e. The third kappa shape index (κ3) is 4.46. The third-order valence-corrected chi connectivity index (χ3v) is 3.98. The van der Waals surface area contributed by atoms with Crippen LogP contribution in [-0.4, -0.2) is 37.6 Å². The number of carbonyl (C=O) groups is 1. The molecule has 0 aliphatic rings. The topological polar surface area (TPSA) is 106 Å². The lowest BCUT2D eigenvalue weighted by atomic mass is 10.1. The van der Waals surface area contributed by atoms with Crippen LogP contribution in [0.4, 0.5) is 0 Å². The van der Waals surface area contributed by atoms with Crippen LogP contribution in [0.15, 0.2) is 23.4 Å². The molecule has 0 radical (unpaired) electrons. The summed E-state index contributed by atoms with van der Waals surface area (Å²) < 4.78 is 31.3. The number of hydrogen-bond acceptors (Lipinski definition) is 5. The molecular weight excluding hydrogens is 284 g/mol. The van der Waals surface area contributed by atoms with Gasteiger partial charge in [0.05, 0.1) is 13.3 Å². The van der Waals surface area contributed by atoms with Crippen LogP contribution in [0.25, 0.3) is 0 Å². The minimum Gasteiger partial charge on any atom is -0.495 e. The van der Waals surface area contributed by atoms with Crippen molar-refractivity contribution < 1.29 is 23.1 Å². The van der Waals surface area contributed by atoms with Gasteiger partial charge in [-0.15, -0.1) is 0 Å². The van der Waals surface area contributed by atoms with Gasteiger partial charge in [-0.25, -0.2) is 8.42 Å². The number of aliphatic carboxylic acids is 1. The number of nitrogens with one attached hydrogen (secondary N) is 1. The third-order valence-electron chi connectivity index (χ3n) is 2.54. The molecule has 0 spiro atoms. The van der Waals surface area contributed by atoms with E-state index < -0.39 is 22.0 Å². The molecule has 0 bridgehead atoms. The van der Waals surface area contributed by atoms with Gasteiger partial charge < -0.3 is 9.84 Å². The van der Waals surface area contributed by atoms with Crippen LogP contribution in [0.5, 0.6) is 5.75 Å². The summed E-state index contributed by atoms with van der Waals surface area (Å²) >= 11 is 0. The molecule has 20 heavy (non-hydrogen) atoms. The van der Waals surface area contributed by atoms with E-state index in [1.165, 1.54) is 19.4 Å². The molecule has 1 atom stereocenters. The molecule has 112 valence electrons. The van der Waals surface area contributed by atoms with Crippen LogP contribution in [0.3, 0.4) is 0 Å². The van der Waals surface area contributed by atoms with Crippen LogP contribution in [0.1, 0.15) is 20.3 Å². The number of methoxy groups -OCH3 is 1. The molecule has 1 heterocycles. The summed E-state index contributed by atoms with van der Waals surface area (Å²) in [5.41, 5.74) is 0. The van der Waals surface area contributed by atoms with E-state index in [0.29, 0.717) is 0 Å². The van der Waals surface area contributed by atoms with E-state index in [4.69, 9.17) is 9.84 Å². The smallest absolute Gasteiger partial charge is 0.321 e. The molecular formula is C12H18N2O5S. The van der Waals surface area contributed by atoms with Gasteiger partial charge in [0.15, 0.2) is 0 Å². The van der Waals surface area contributed by atoms with Crippen LogP contribution >= 0.6 is 0 Å². The maximum absolute atomic E-state index is 12.1. The average Bonchev–Trinajstić information content (AvgIpc) is 2.37. The van der Waals surface area contributed by atoms with Crippen molar-refractivity contribution in [3.8, 4) is 5.75 Å². The molecule has 1 aromatic heterocycles. The van der Waals surface area contributed by atoms with Crippen LogP contribution < -0.4 is 9.46 Å². The molecule has 0 saturated carbocycles. The summed E-state index contributed by atoms with van der Waals surface area (Å²) in [6.07, 6.45) is 2.70. The summed E-state index contributed by atoms with van der Waals surface area (Å²) in [5, 5.41) is 9.07. The Morgan fingerprint density at radius 3 is 2.60 bits per heavy atom. The number of ether oxygens (including phenoxy) is 1. The fourth-order valence-electron chi connectivity index (χ4n) is 1.58. The van der Waals surface area contributed by atoms with Gasteiger partial charge in [-0.05, 0) is 12.3 Å². The Hall–Kier alpha value is -1.67. The van der Waals surface area contributed by atoms with Crippen LogP contribution in [0.2, 0.25) is 0 Å². The lowest BCUT2D eigenvalue weighted by Gasteiger charge is -2.16. The minimum atomic E-state index is -3.96. The number of nitrogens with zero attached hydrogens (tertiary/aromatic N) is 1. The lowest BCUT2D eigenvalue weighted by molar-refractivity contribution is -0.139. The number of pyridine rings is 1. The highest BCUT2D eigenvalue weighted by atomic mass is 32.2. The monoisotopic (exact) mass is 302 g/mol. The molecule has 1 rings (SSSR count). The highest BCUT2D eigenvalue weighted by Gasteiger charge is 2.26. The number of sulfonamides is 1. The maximum Gasteiger partial charge on any atom is 0.321 e. The summed E-state index contributed by atoms with van der Waals surface area (Å²) in [6.45, 7) is 3.63. The first kappa shape index (κ1) is 16.4.